The molecule has 0 saturated heterocycles. The molecule has 6 nitrogen and oxygen atoms in total. The van der Waals surface area contributed by atoms with Crippen molar-refractivity contribution in [1.29, 1.82) is 0 Å². The molecule has 0 atom stereocenters. The molecule has 0 aromatic heterocycles. The minimum absolute atomic E-state index is 0.116. The van der Waals surface area contributed by atoms with Gasteiger partial charge in [-0.1, -0.05) is 0 Å². The zero-order valence-corrected chi connectivity index (χ0v) is 9.65. The van der Waals surface area contributed by atoms with Gasteiger partial charge in [0, 0.05) is 14.1 Å². The van der Waals surface area contributed by atoms with Gasteiger partial charge in [0.2, 0.25) is 10.0 Å². The van der Waals surface area contributed by atoms with Crippen molar-refractivity contribution < 1.29 is 18.3 Å². The number of hydrogen-bond donors (Lipinski definition) is 2. The van der Waals surface area contributed by atoms with Gasteiger partial charge in [-0.05, 0) is 18.2 Å². The second-order valence-electron chi connectivity index (χ2n) is 3.43. The summed E-state index contributed by atoms with van der Waals surface area (Å²) in [5.41, 5.74) is 0.238. The van der Waals surface area contributed by atoms with E-state index < -0.39 is 16.0 Å². The molecule has 0 heterocycles. The van der Waals surface area contributed by atoms with Gasteiger partial charge in [-0.3, -0.25) is 0 Å². The van der Waals surface area contributed by atoms with E-state index in [2.05, 4.69) is 0 Å². The van der Waals surface area contributed by atoms with Gasteiger partial charge in [-0.25, -0.2) is 18.4 Å². The highest BCUT2D eigenvalue weighted by atomic mass is 32.2. The van der Waals surface area contributed by atoms with Gasteiger partial charge in [-0.15, -0.1) is 0 Å². The third-order valence-electron chi connectivity index (χ3n) is 2.00. The number of carboxylic acid groups (broad SMARTS) is 1. The molecule has 0 aliphatic rings. The first-order valence-corrected chi connectivity index (χ1v) is 5.85. The van der Waals surface area contributed by atoms with Gasteiger partial charge in [0.05, 0.1) is 11.3 Å². The van der Waals surface area contributed by atoms with E-state index in [9.17, 15) is 13.2 Å². The number of benzene rings is 1. The van der Waals surface area contributed by atoms with Crippen molar-refractivity contribution in [2.24, 2.45) is 5.14 Å². The molecule has 1 aromatic carbocycles. The van der Waals surface area contributed by atoms with E-state index in [0.29, 0.717) is 5.69 Å². The molecule has 0 bridgehead atoms. The van der Waals surface area contributed by atoms with Crippen LogP contribution in [0.5, 0.6) is 0 Å². The standard InChI is InChI=1S/C9H12N2O4S/c1-11(2)7-4-3-6(9(12)13)5-8(7)16(10,14)15/h3-5H,1-2H3,(H,12,13)(H2,10,14,15). The maximum absolute atomic E-state index is 11.3. The Labute approximate surface area is 93.3 Å². The molecule has 0 aliphatic carbocycles. The van der Waals surface area contributed by atoms with Crippen molar-refractivity contribution in [2.45, 2.75) is 4.90 Å². The fraction of sp³-hybridized carbons (Fsp3) is 0.222. The molecule has 7 heteroatoms. The van der Waals surface area contributed by atoms with Crippen LogP contribution in [0.2, 0.25) is 0 Å². The molecule has 88 valence electrons. The van der Waals surface area contributed by atoms with Crippen molar-refractivity contribution >= 4 is 21.7 Å². The number of nitrogens with two attached hydrogens (primary N) is 1. The minimum atomic E-state index is -3.94. The third kappa shape index (κ3) is 2.50. The van der Waals surface area contributed by atoms with Gasteiger partial charge in [0.25, 0.3) is 0 Å². The average Bonchev–Trinajstić information content (AvgIpc) is 2.15. The topological polar surface area (TPSA) is 101 Å². The highest BCUT2D eigenvalue weighted by molar-refractivity contribution is 7.89. The normalized spacial score (nSPS) is 11.2. The lowest BCUT2D eigenvalue weighted by atomic mass is 10.2. The minimum Gasteiger partial charge on any atom is -0.478 e. The lowest BCUT2D eigenvalue weighted by Gasteiger charge is -2.16. The average molecular weight is 244 g/mol. The van der Waals surface area contributed by atoms with Crippen LogP contribution in [0.15, 0.2) is 23.1 Å². The Morgan fingerprint density at radius 1 is 1.38 bits per heavy atom. The molecule has 0 amide bonds. The Morgan fingerprint density at radius 2 is 1.94 bits per heavy atom. The van der Waals surface area contributed by atoms with E-state index in [1.165, 1.54) is 12.1 Å². The molecular weight excluding hydrogens is 232 g/mol. The van der Waals surface area contributed by atoms with E-state index in [1.807, 2.05) is 0 Å². The number of sulfonamides is 1. The van der Waals surface area contributed by atoms with Crippen LogP contribution < -0.4 is 10.0 Å². The van der Waals surface area contributed by atoms with Gasteiger partial charge in [-0.2, -0.15) is 0 Å². The summed E-state index contributed by atoms with van der Waals surface area (Å²) in [5, 5.41) is 13.8. The van der Waals surface area contributed by atoms with Crippen LogP contribution in [-0.4, -0.2) is 33.6 Å². The first kappa shape index (κ1) is 12.5. The van der Waals surface area contributed by atoms with Crippen LogP contribution in [0.25, 0.3) is 0 Å². The summed E-state index contributed by atoms with van der Waals surface area (Å²) in [6.45, 7) is 0. The number of nitrogens with zero attached hydrogens (tertiary/aromatic N) is 1. The van der Waals surface area contributed by atoms with E-state index >= 15 is 0 Å². The highest BCUT2D eigenvalue weighted by Gasteiger charge is 2.17. The molecule has 1 aromatic rings. The Hall–Kier alpha value is -1.60. The molecule has 1 rings (SSSR count). The maximum atomic E-state index is 11.3. The number of carbonyl (C=O) groups is 1. The fourth-order valence-electron chi connectivity index (χ4n) is 1.24. The Balaban J connectivity index is 3.51. The lowest BCUT2D eigenvalue weighted by molar-refractivity contribution is 0.0696. The summed E-state index contributed by atoms with van der Waals surface area (Å²) >= 11 is 0. The predicted octanol–water partition coefficient (Wildman–Crippen LogP) is 0.0982. The van der Waals surface area contributed by atoms with E-state index in [0.717, 1.165) is 6.07 Å². The fourth-order valence-corrected chi connectivity index (χ4v) is 2.08. The number of anilines is 1. The largest absolute Gasteiger partial charge is 0.478 e. The number of hydrogen-bond acceptors (Lipinski definition) is 4. The summed E-state index contributed by atoms with van der Waals surface area (Å²) < 4.78 is 22.6. The van der Waals surface area contributed by atoms with Crippen LogP contribution in [0.1, 0.15) is 10.4 Å². The summed E-state index contributed by atoms with van der Waals surface area (Å²) in [6, 6.07) is 3.78. The predicted molar refractivity (Wildman–Crippen MR) is 59.1 cm³/mol. The zero-order valence-electron chi connectivity index (χ0n) is 8.84. The van der Waals surface area contributed by atoms with Crippen molar-refractivity contribution in [3.63, 3.8) is 0 Å². The molecule has 0 fully saturated rings. The molecule has 3 N–H and O–H groups in total. The first-order chi connectivity index (χ1) is 7.23. The number of carboxylic acids is 1. The second kappa shape index (κ2) is 4.11. The quantitative estimate of drug-likeness (QED) is 0.785. The highest BCUT2D eigenvalue weighted by Crippen LogP contribution is 2.23. The van der Waals surface area contributed by atoms with Crippen molar-refractivity contribution in [1.82, 2.24) is 0 Å². The zero-order chi connectivity index (χ0) is 12.5. The monoisotopic (exact) mass is 244 g/mol. The van der Waals surface area contributed by atoms with E-state index in [-0.39, 0.29) is 10.5 Å². The van der Waals surface area contributed by atoms with Crippen LogP contribution in [-0.2, 0) is 10.0 Å². The number of aromatic carboxylic acids is 1. The summed E-state index contributed by atoms with van der Waals surface area (Å²) in [5.74, 6) is -1.20. The first-order valence-electron chi connectivity index (χ1n) is 4.31. The van der Waals surface area contributed by atoms with E-state index in [4.69, 9.17) is 10.2 Å². The van der Waals surface area contributed by atoms with Crippen LogP contribution in [0, 0.1) is 0 Å². The van der Waals surface area contributed by atoms with Crippen molar-refractivity contribution in [3.05, 3.63) is 23.8 Å². The number of primary sulfonamides is 1. The molecular formula is C9H12N2O4S. The Morgan fingerprint density at radius 3 is 2.31 bits per heavy atom. The van der Waals surface area contributed by atoms with Gasteiger partial charge in [0.1, 0.15) is 4.90 Å². The Kier molecular flexibility index (Phi) is 3.20. The summed E-state index contributed by atoms with van der Waals surface area (Å²) in [4.78, 5) is 12.1. The SMILES string of the molecule is CN(C)c1ccc(C(=O)O)cc1S(N)(=O)=O. The van der Waals surface area contributed by atoms with E-state index in [1.54, 1.807) is 19.0 Å². The van der Waals surface area contributed by atoms with Crippen LogP contribution in [0.4, 0.5) is 5.69 Å². The molecule has 0 saturated carbocycles. The lowest BCUT2D eigenvalue weighted by Crippen LogP contribution is -2.19. The molecule has 0 unspecified atom stereocenters. The Bertz CT molecular complexity index is 522. The van der Waals surface area contributed by atoms with Crippen LogP contribution >= 0.6 is 0 Å². The number of rotatable bonds is 3. The van der Waals surface area contributed by atoms with Crippen molar-refractivity contribution in [2.75, 3.05) is 19.0 Å². The smallest absolute Gasteiger partial charge is 0.335 e. The summed E-state index contributed by atoms with van der Waals surface area (Å²) in [6.07, 6.45) is 0. The van der Waals surface area contributed by atoms with Gasteiger partial charge < -0.3 is 10.0 Å². The maximum Gasteiger partial charge on any atom is 0.335 e. The van der Waals surface area contributed by atoms with Crippen molar-refractivity contribution in [3.8, 4) is 0 Å². The molecule has 0 radical (unpaired) electrons. The second-order valence-corrected chi connectivity index (χ2v) is 4.96. The third-order valence-corrected chi connectivity index (χ3v) is 2.94. The van der Waals surface area contributed by atoms with Crippen LogP contribution in [0.3, 0.4) is 0 Å². The molecule has 16 heavy (non-hydrogen) atoms. The summed E-state index contributed by atoms with van der Waals surface area (Å²) in [7, 11) is -0.653. The molecule has 0 aliphatic heterocycles. The van der Waals surface area contributed by atoms with Gasteiger partial charge in [0.15, 0.2) is 0 Å². The van der Waals surface area contributed by atoms with Gasteiger partial charge >= 0.3 is 5.97 Å². The molecule has 0 spiro atoms.